The number of amides is 1. The number of ether oxygens (including phenoxy) is 1. The summed E-state index contributed by atoms with van der Waals surface area (Å²) in [4.78, 5) is 11.8. The number of carbonyl (C=O) groups excluding carboxylic acids is 1. The Morgan fingerprint density at radius 2 is 2.35 bits per heavy atom. The Kier molecular flexibility index (Phi) is 7.70. The fourth-order valence-corrected chi connectivity index (χ4v) is 4.34. The monoisotopic (exact) mass is 298 g/mol. The summed E-state index contributed by atoms with van der Waals surface area (Å²) in [6, 6.07) is -0.157. The average molecular weight is 299 g/mol. The number of rotatable bonds is 3. The van der Waals surface area contributed by atoms with E-state index in [0.717, 1.165) is 18.8 Å². The molecule has 0 saturated carbocycles. The van der Waals surface area contributed by atoms with Gasteiger partial charge in [0.1, 0.15) is 6.04 Å². The summed E-state index contributed by atoms with van der Waals surface area (Å²) in [5.74, 6) is 3.68. The van der Waals surface area contributed by atoms with E-state index < -0.39 is 0 Å². The summed E-state index contributed by atoms with van der Waals surface area (Å²) < 4.78 is 5.26. The molecule has 0 radical (unpaired) electrons. The molecule has 2 aliphatic rings. The molecule has 2 saturated heterocycles. The van der Waals surface area contributed by atoms with Crippen molar-refractivity contribution in [3.8, 4) is 0 Å². The first-order valence-corrected chi connectivity index (χ1v) is 7.85. The van der Waals surface area contributed by atoms with Crippen LogP contribution in [0.25, 0.3) is 0 Å². The minimum atomic E-state index is -0.157. The van der Waals surface area contributed by atoms with E-state index >= 15 is 0 Å². The lowest BCUT2D eigenvalue weighted by Gasteiger charge is -2.25. The normalized spacial score (nSPS) is 29.2. The summed E-state index contributed by atoms with van der Waals surface area (Å²) >= 11 is 3.94. The Morgan fingerprint density at radius 3 is 3.00 bits per heavy atom. The van der Waals surface area contributed by atoms with E-state index in [1.807, 2.05) is 23.5 Å². The summed E-state index contributed by atoms with van der Waals surface area (Å²) in [6.45, 7) is 2.76. The molecule has 2 heterocycles. The van der Waals surface area contributed by atoms with Gasteiger partial charge in [-0.25, -0.2) is 0 Å². The van der Waals surface area contributed by atoms with Crippen molar-refractivity contribution in [3.05, 3.63) is 0 Å². The Morgan fingerprint density at radius 1 is 1.47 bits per heavy atom. The maximum atomic E-state index is 11.8. The van der Waals surface area contributed by atoms with Crippen molar-refractivity contribution in [2.75, 3.05) is 43.6 Å². The van der Waals surface area contributed by atoms with Crippen molar-refractivity contribution in [1.82, 2.24) is 10.6 Å². The summed E-state index contributed by atoms with van der Waals surface area (Å²) in [5, 5.41) is 6.74. The van der Waals surface area contributed by atoms with Crippen LogP contribution in [-0.2, 0) is 9.53 Å². The second-order valence-electron chi connectivity index (χ2n) is 3.89. The number of carbonyl (C=O) groups is 1. The summed E-state index contributed by atoms with van der Waals surface area (Å²) in [5.41, 5.74) is 0. The van der Waals surface area contributed by atoms with Crippen LogP contribution in [0.1, 0.15) is 0 Å². The molecule has 0 aromatic heterocycles. The highest BCUT2D eigenvalue weighted by atomic mass is 35.5. The Hall–Kier alpha value is 0.380. The minimum Gasteiger partial charge on any atom is -0.378 e. The van der Waals surface area contributed by atoms with E-state index in [1.165, 1.54) is 11.5 Å². The topological polar surface area (TPSA) is 50.4 Å². The molecule has 0 aromatic rings. The molecule has 0 aliphatic carbocycles. The molecule has 0 aromatic carbocycles. The lowest BCUT2D eigenvalue weighted by molar-refractivity contribution is -0.125. The van der Waals surface area contributed by atoms with Gasteiger partial charge in [-0.1, -0.05) is 0 Å². The van der Waals surface area contributed by atoms with E-state index in [0.29, 0.717) is 18.5 Å². The summed E-state index contributed by atoms with van der Waals surface area (Å²) in [7, 11) is 0. The first-order chi connectivity index (χ1) is 7.86. The van der Waals surface area contributed by atoms with Gasteiger partial charge in [0.05, 0.1) is 13.2 Å². The van der Waals surface area contributed by atoms with Crippen LogP contribution in [0.4, 0.5) is 0 Å². The number of nitrogens with one attached hydrogen (secondary N) is 2. The third-order valence-electron chi connectivity index (χ3n) is 2.63. The zero-order valence-corrected chi connectivity index (χ0v) is 12.1. The van der Waals surface area contributed by atoms with E-state index in [4.69, 9.17) is 4.74 Å². The highest BCUT2D eigenvalue weighted by molar-refractivity contribution is 8.06. The molecule has 2 rings (SSSR count). The Bertz CT molecular complexity index is 234. The van der Waals surface area contributed by atoms with Gasteiger partial charge in [0.25, 0.3) is 0 Å². The minimum absolute atomic E-state index is 0. The molecule has 1 amide bonds. The molecule has 2 N–H and O–H groups in total. The van der Waals surface area contributed by atoms with Gasteiger partial charge >= 0.3 is 0 Å². The first kappa shape index (κ1) is 15.4. The van der Waals surface area contributed by atoms with Crippen LogP contribution in [0.2, 0.25) is 0 Å². The molecule has 100 valence electrons. The molecule has 0 bridgehead atoms. The van der Waals surface area contributed by atoms with Crippen molar-refractivity contribution in [2.45, 2.75) is 11.3 Å². The fraction of sp³-hybridized carbons (Fsp3) is 0.900. The largest absolute Gasteiger partial charge is 0.378 e. The molecular weight excluding hydrogens is 280 g/mol. The molecule has 4 nitrogen and oxygen atoms in total. The highest BCUT2D eigenvalue weighted by Gasteiger charge is 2.22. The maximum Gasteiger partial charge on any atom is 0.239 e. The molecule has 17 heavy (non-hydrogen) atoms. The molecule has 0 spiro atoms. The van der Waals surface area contributed by atoms with Gasteiger partial charge in [0.2, 0.25) is 5.91 Å². The lowest BCUT2D eigenvalue weighted by atomic mass is 10.2. The van der Waals surface area contributed by atoms with Crippen LogP contribution in [0.15, 0.2) is 0 Å². The Balaban J connectivity index is 0.00000144. The third-order valence-corrected chi connectivity index (χ3v) is 5.47. The first-order valence-electron chi connectivity index (χ1n) is 5.64. The zero-order valence-electron chi connectivity index (χ0n) is 9.65. The number of hydrogen-bond donors (Lipinski definition) is 2. The third kappa shape index (κ3) is 5.26. The second kappa shape index (κ2) is 8.48. The average Bonchev–Trinajstić information content (AvgIpc) is 2.38. The number of morpholine rings is 1. The fourth-order valence-electron chi connectivity index (χ4n) is 1.73. The van der Waals surface area contributed by atoms with Gasteiger partial charge in [0.15, 0.2) is 0 Å². The van der Waals surface area contributed by atoms with Crippen molar-refractivity contribution >= 4 is 41.8 Å². The van der Waals surface area contributed by atoms with Crippen LogP contribution in [0, 0.1) is 0 Å². The molecule has 2 atom stereocenters. The molecule has 2 unspecified atom stereocenters. The van der Waals surface area contributed by atoms with Crippen LogP contribution >= 0.6 is 35.9 Å². The number of hydrogen-bond acceptors (Lipinski definition) is 5. The molecule has 7 heteroatoms. The van der Waals surface area contributed by atoms with Gasteiger partial charge in [-0.3, -0.25) is 4.79 Å². The quantitative estimate of drug-likeness (QED) is 0.788. The number of thioether (sulfide) groups is 2. The van der Waals surface area contributed by atoms with Gasteiger partial charge in [0, 0.05) is 35.6 Å². The summed E-state index contributed by atoms with van der Waals surface area (Å²) in [6.07, 6.45) is 0. The van der Waals surface area contributed by atoms with E-state index in [2.05, 4.69) is 10.6 Å². The molecule has 2 fully saturated rings. The standard InChI is InChI=1S/C10H18N2O2S2.ClH/c13-10(9-6-14-2-1-11-9)12-5-8-7-15-3-4-16-8;/h8-9,11H,1-7H2,(H,12,13);1H. The van der Waals surface area contributed by atoms with E-state index in [-0.39, 0.29) is 24.4 Å². The van der Waals surface area contributed by atoms with Crippen LogP contribution in [0.5, 0.6) is 0 Å². The van der Waals surface area contributed by atoms with Crippen molar-refractivity contribution < 1.29 is 9.53 Å². The number of halogens is 1. The van der Waals surface area contributed by atoms with Crippen molar-refractivity contribution in [2.24, 2.45) is 0 Å². The van der Waals surface area contributed by atoms with Crippen LogP contribution < -0.4 is 10.6 Å². The van der Waals surface area contributed by atoms with Gasteiger partial charge < -0.3 is 15.4 Å². The molecule has 2 aliphatic heterocycles. The van der Waals surface area contributed by atoms with E-state index in [9.17, 15) is 4.79 Å². The van der Waals surface area contributed by atoms with Gasteiger partial charge in [-0.15, -0.1) is 12.4 Å². The highest BCUT2D eigenvalue weighted by Crippen LogP contribution is 2.23. The zero-order chi connectivity index (χ0) is 11.2. The van der Waals surface area contributed by atoms with Crippen LogP contribution in [0.3, 0.4) is 0 Å². The van der Waals surface area contributed by atoms with Gasteiger partial charge in [-0.05, 0) is 0 Å². The lowest BCUT2D eigenvalue weighted by Crippen LogP contribution is -2.52. The van der Waals surface area contributed by atoms with Crippen molar-refractivity contribution in [1.29, 1.82) is 0 Å². The van der Waals surface area contributed by atoms with Gasteiger partial charge in [-0.2, -0.15) is 23.5 Å². The predicted octanol–water partition coefficient (Wildman–Crippen LogP) is 0.361. The maximum absolute atomic E-state index is 11.8. The second-order valence-corrected chi connectivity index (χ2v) is 6.45. The Labute approximate surface area is 117 Å². The smallest absolute Gasteiger partial charge is 0.239 e. The predicted molar refractivity (Wildman–Crippen MR) is 76.4 cm³/mol. The molecular formula is C10H19ClN2O2S2. The van der Waals surface area contributed by atoms with Crippen molar-refractivity contribution in [3.63, 3.8) is 0 Å². The van der Waals surface area contributed by atoms with Crippen LogP contribution in [-0.4, -0.2) is 60.8 Å². The SMILES string of the molecule is Cl.O=C(NCC1CSCCS1)C1COCCN1. The van der Waals surface area contributed by atoms with E-state index in [1.54, 1.807) is 0 Å².